The van der Waals surface area contributed by atoms with E-state index in [9.17, 15) is 9.90 Å². The summed E-state index contributed by atoms with van der Waals surface area (Å²) < 4.78 is 0. The van der Waals surface area contributed by atoms with Crippen molar-refractivity contribution in [3.63, 3.8) is 0 Å². The number of amides is 1. The first-order chi connectivity index (χ1) is 14.7. The smallest absolute Gasteiger partial charge is 0.262 e. The minimum atomic E-state index is -1.66. The molecule has 1 saturated carbocycles. The van der Waals surface area contributed by atoms with Crippen molar-refractivity contribution >= 4 is 17.2 Å². The quantitative estimate of drug-likeness (QED) is 0.641. The third-order valence-corrected chi connectivity index (χ3v) is 7.60. The van der Waals surface area contributed by atoms with Gasteiger partial charge in [-0.05, 0) is 41.3 Å². The summed E-state index contributed by atoms with van der Waals surface area (Å²) >= 11 is 1.41. The maximum atomic E-state index is 13.5. The van der Waals surface area contributed by atoms with E-state index < -0.39 is 5.60 Å². The number of rotatable bonds is 6. The van der Waals surface area contributed by atoms with E-state index in [1.165, 1.54) is 16.9 Å². The summed E-state index contributed by atoms with van der Waals surface area (Å²) in [6.07, 6.45) is 2.22. The maximum absolute atomic E-state index is 13.5. The van der Waals surface area contributed by atoms with E-state index in [1.54, 1.807) is 0 Å². The van der Waals surface area contributed by atoms with E-state index in [0.29, 0.717) is 22.4 Å². The average molecular weight is 419 g/mol. The number of carbonyl (C=O) groups is 1. The van der Waals surface area contributed by atoms with Gasteiger partial charge >= 0.3 is 0 Å². The molecule has 4 atom stereocenters. The molecule has 4 unspecified atom stereocenters. The molecule has 4 nitrogen and oxygen atoms in total. The molecule has 2 N–H and O–H groups in total. The second-order valence-electron chi connectivity index (χ2n) is 8.37. The Labute approximate surface area is 181 Å². The molecule has 3 aromatic rings. The molecule has 30 heavy (non-hydrogen) atoms. The number of hydrogen-bond acceptors (Lipinski definition) is 4. The lowest BCUT2D eigenvalue weighted by molar-refractivity contribution is -0.137. The van der Waals surface area contributed by atoms with Gasteiger partial charge in [-0.2, -0.15) is 0 Å². The topological polar surface area (TPSA) is 52.6 Å². The van der Waals surface area contributed by atoms with Gasteiger partial charge < -0.3 is 10.4 Å². The van der Waals surface area contributed by atoms with Gasteiger partial charge in [-0.3, -0.25) is 9.69 Å². The molecule has 154 valence electrons. The molecule has 2 aliphatic rings. The number of fused-ring (bicyclic) bond motifs is 2. The fourth-order valence-corrected chi connectivity index (χ4v) is 5.97. The van der Waals surface area contributed by atoms with Crippen LogP contribution in [0.5, 0.6) is 0 Å². The fourth-order valence-electron chi connectivity index (χ4n) is 5.13. The summed E-state index contributed by atoms with van der Waals surface area (Å²) in [5.74, 6) is 0.116. The van der Waals surface area contributed by atoms with Gasteiger partial charge in [0.05, 0.1) is 4.88 Å². The SMILES string of the molecule is O=C(NC1C2CCC1N(Cc1ccccc1)C2)C(O)(c1ccccc1)c1cccs1. The van der Waals surface area contributed by atoms with E-state index in [1.807, 2.05) is 53.9 Å². The van der Waals surface area contributed by atoms with Gasteiger partial charge in [0, 0.05) is 25.2 Å². The number of thiophene rings is 1. The van der Waals surface area contributed by atoms with E-state index in [4.69, 9.17) is 0 Å². The Kier molecular flexibility index (Phi) is 5.19. The summed E-state index contributed by atoms with van der Waals surface area (Å²) in [6, 6.07) is 23.9. The summed E-state index contributed by atoms with van der Waals surface area (Å²) in [5.41, 5.74) is 0.243. The van der Waals surface area contributed by atoms with Crippen LogP contribution in [0, 0.1) is 5.92 Å². The number of carbonyl (C=O) groups excluding carboxylic acids is 1. The first-order valence-electron chi connectivity index (χ1n) is 10.6. The van der Waals surface area contributed by atoms with Crippen molar-refractivity contribution in [2.75, 3.05) is 6.54 Å². The number of benzene rings is 2. The van der Waals surface area contributed by atoms with E-state index in [0.717, 1.165) is 25.9 Å². The van der Waals surface area contributed by atoms with Crippen molar-refractivity contribution in [2.24, 2.45) is 5.92 Å². The lowest BCUT2D eigenvalue weighted by Gasteiger charge is -2.30. The fraction of sp³-hybridized carbons (Fsp3) is 0.320. The summed E-state index contributed by atoms with van der Waals surface area (Å²) in [5, 5.41) is 16.8. The third-order valence-electron chi connectivity index (χ3n) is 6.62. The van der Waals surface area contributed by atoms with Gasteiger partial charge in [-0.1, -0.05) is 66.7 Å². The molecule has 1 aliphatic carbocycles. The van der Waals surface area contributed by atoms with Crippen molar-refractivity contribution in [1.82, 2.24) is 10.2 Å². The first kappa shape index (κ1) is 19.5. The Morgan fingerprint density at radius 2 is 1.77 bits per heavy atom. The normalized spacial score (nSPS) is 25.2. The molecule has 2 fully saturated rings. The van der Waals surface area contributed by atoms with Crippen LogP contribution in [-0.4, -0.2) is 34.5 Å². The van der Waals surface area contributed by atoms with Crippen LogP contribution in [0.2, 0.25) is 0 Å². The van der Waals surface area contributed by atoms with E-state index in [2.05, 4.69) is 34.5 Å². The van der Waals surface area contributed by atoms with E-state index in [-0.39, 0.29) is 11.9 Å². The molecule has 1 amide bonds. The minimum Gasteiger partial charge on any atom is -0.371 e. The molecule has 5 heteroatoms. The summed E-state index contributed by atoms with van der Waals surface area (Å²) in [6.45, 7) is 1.90. The van der Waals surface area contributed by atoms with Crippen molar-refractivity contribution in [1.29, 1.82) is 0 Å². The van der Waals surface area contributed by atoms with Crippen molar-refractivity contribution in [2.45, 2.75) is 37.1 Å². The highest BCUT2D eigenvalue weighted by molar-refractivity contribution is 7.10. The Balaban J connectivity index is 1.37. The van der Waals surface area contributed by atoms with Gasteiger partial charge in [0.15, 0.2) is 0 Å². The summed E-state index contributed by atoms with van der Waals surface area (Å²) in [4.78, 5) is 16.7. The lowest BCUT2D eigenvalue weighted by Crippen LogP contribution is -2.52. The van der Waals surface area contributed by atoms with Gasteiger partial charge in [0.1, 0.15) is 0 Å². The second-order valence-corrected chi connectivity index (χ2v) is 9.32. The summed E-state index contributed by atoms with van der Waals surface area (Å²) in [7, 11) is 0. The number of nitrogens with zero attached hydrogens (tertiary/aromatic N) is 1. The van der Waals surface area contributed by atoms with Crippen LogP contribution in [0.25, 0.3) is 0 Å². The number of aliphatic hydroxyl groups is 1. The Bertz CT molecular complexity index is 993. The standard InChI is InChI=1S/C25H26N2O2S/c28-24(25(29,22-12-7-15-30-22)20-10-5-2-6-11-20)26-23-19-13-14-21(23)27(17-19)16-18-8-3-1-4-9-18/h1-12,15,19,21,23,29H,13-14,16-17H2,(H,26,28). The zero-order valence-electron chi connectivity index (χ0n) is 16.8. The number of piperidine rings is 1. The number of hydrogen-bond donors (Lipinski definition) is 2. The molecule has 0 spiro atoms. The average Bonchev–Trinajstić information content (AvgIpc) is 3.52. The van der Waals surface area contributed by atoms with Gasteiger partial charge in [0.25, 0.3) is 5.91 Å². The highest BCUT2D eigenvalue weighted by Gasteiger charge is 2.50. The van der Waals surface area contributed by atoms with Crippen molar-refractivity contribution in [3.8, 4) is 0 Å². The molecule has 1 aliphatic heterocycles. The molecule has 2 aromatic carbocycles. The lowest BCUT2D eigenvalue weighted by atomic mass is 9.90. The van der Waals surface area contributed by atoms with Crippen LogP contribution in [-0.2, 0) is 16.9 Å². The highest BCUT2D eigenvalue weighted by atomic mass is 32.1. The predicted octanol–water partition coefficient (Wildman–Crippen LogP) is 3.76. The van der Waals surface area contributed by atoms with Crippen LogP contribution in [0.3, 0.4) is 0 Å². The van der Waals surface area contributed by atoms with Crippen LogP contribution < -0.4 is 5.32 Å². The molecular formula is C25H26N2O2S. The highest BCUT2D eigenvalue weighted by Crippen LogP contribution is 2.40. The van der Waals surface area contributed by atoms with Crippen LogP contribution >= 0.6 is 11.3 Å². The zero-order valence-corrected chi connectivity index (χ0v) is 17.6. The minimum absolute atomic E-state index is 0.0800. The maximum Gasteiger partial charge on any atom is 0.262 e. The second kappa shape index (κ2) is 7.99. The molecule has 2 heterocycles. The molecule has 1 saturated heterocycles. The van der Waals surface area contributed by atoms with Gasteiger partial charge in [0.2, 0.25) is 5.60 Å². The third kappa shape index (κ3) is 3.37. The molecule has 0 radical (unpaired) electrons. The Hall–Kier alpha value is -2.47. The van der Waals surface area contributed by atoms with Crippen molar-refractivity contribution < 1.29 is 9.90 Å². The Morgan fingerprint density at radius 3 is 2.47 bits per heavy atom. The number of nitrogens with one attached hydrogen (secondary N) is 1. The predicted molar refractivity (Wildman–Crippen MR) is 119 cm³/mol. The van der Waals surface area contributed by atoms with E-state index >= 15 is 0 Å². The molecule has 1 aromatic heterocycles. The van der Waals surface area contributed by atoms with Gasteiger partial charge in [-0.25, -0.2) is 0 Å². The molecule has 2 bridgehead atoms. The van der Waals surface area contributed by atoms with Crippen LogP contribution in [0.4, 0.5) is 0 Å². The van der Waals surface area contributed by atoms with Gasteiger partial charge in [-0.15, -0.1) is 11.3 Å². The van der Waals surface area contributed by atoms with Crippen molar-refractivity contribution in [3.05, 3.63) is 94.2 Å². The van der Waals surface area contributed by atoms with Crippen LogP contribution in [0.15, 0.2) is 78.2 Å². The monoisotopic (exact) mass is 418 g/mol. The van der Waals surface area contributed by atoms with Crippen LogP contribution in [0.1, 0.15) is 28.8 Å². The Morgan fingerprint density at radius 1 is 1.03 bits per heavy atom. The first-order valence-corrected chi connectivity index (χ1v) is 11.4. The largest absolute Gasteiger partial charge is 0.371 e. The molecular weight excluding hydrogens is 392 g/mol. The molecule has 5 rings (SSSR count). The number of likely N-dealkylation sites (tertiary alicyclic amines) is 1. The zero-order chi connectivity index (χ0) is 20.6.